The highest BCUT2D eigenvalue weighted by Gasteiger charge is 2.09. The highest BCUT2D eigenvalue weighted by atomic mass is 35.5. The Labute approximate surface area is 162 Å². The molecule has 3 aromatic rings. The van der Waals surface area contributed by atoms with E-state index < -0.39 is 0 Å². The van der Waals surface area contributed by atoms with Crippen LogP contribution in [0, 0.1) is 6.92 Å². The van der Waals surface area contributed by atoms with Gasteiger partial charge in [0.25, 0.3) is 5.91 Å². The lowest BCUT2D eigenvalue weighted by Crippen LogP contribution is -2.12. The Kier molecular flexibility index (Phi) is 6.11. The number of nitrogens with one attached hydrogen (secondary N) is 1. The number of carbonyl (C=O) groups is 1. The van der Waals surface area contributed by atoms with E-state index in [-0.39, 0.29) is 5.91 Å². The van der Waals surface area contributed by atoms with Crippen LogP contribution < -0.4 is 10.1 Å². The zero-order valence-corrected chi connectivity index (χ0v) is 15.9. The van der Waals surface area contributed by atoms with Crippen molar-refractivity contribution in [2.24, 2.45) is 0 Å². The van der Waals surface area contributed by atoms with Crippen LogP contribution in [0.25, 0.3) is 0 Å². The number of nitrogens with zero attached hydrogens (tertiary/aromatic N) is 2. The second kappa shape index (κ2) is 8.70. The summed E-state index contributed by atoms with van der Waals surface area (Å²) in [6.45, 7) is 2.61. The molecule has 27 heavy (non-hydrogen) atoms. The van der Waals surface area contributed by atoms with E-state index in [9.17, 15) is 4.79 Å². The summed E-state index contributed by atoms with van der Waals surface area (Å²) in [6.07, 6.45) is 3.28. The molecular weight excluding hydrogens is 366 g/mol. The number of aryl methyl sites for hydroxylation is 1. The molecule has 1 amide bonds. The number of hydrogen-bond donors (Lipinski definition) is 1. The van der Waals surface area contributed by atoms with Crippen LogP contribution in [0.1, 0.15) is 21.5 Å². The molecule has 0 radical (unpaired) electrons. The standard InChI is InChI=1S/C20H20ClN3O3/c1-14-6-7-18(21)19(8-14)27-12-15-4-3-5-16(9-15)20(25)23-17-10-22-24(11-17)13-26-2/h3-11H,12-13H2,1-2H3,(H,23,25). The lowest BCUT2D eigenvalue weighted by molar-refractivity contribution is 0.102. The quantitative estimate of drug-likeness (QED) is 0.659. The van der Waals surface area contributed by atoms with Gasteiger partial charge in [-0.05, 0) is 42.3 Å². The third kappa shape index (κ3) is 5.09. The van der Waals surface area contributed by atoms with E-state index in [1.54, 1.807) is 42.4 Å². The second-order valence-corrected chi connectivity index (χ2v) is 6.47. The van der Waals surface area contributed by atoms with Crippen molar-refractivity contribution in [3.8, 4) is 5.75 Å². The molecule has 1 N–H and O–H groups in total. The number of methoxy groups -OCH3 is 1. The van der Waals surface area contributed by atoms with Gasteiger partial charge < -0.3 is 14.8 Å². The molecule has 6 nitrogen and oxygen atoms in total. The Morgan fingerprint density at radius 3 is 2.93 bits per heavy atom. The van der Waals surface area contributed by atoms with E-state index in [1.807, 2.05) is 31.2 Å². The van der Waals surface area contributed by atoms with Gasteiger partial charge in [-0.15, -0.1) is 0 Å². The lowest BCUT2D eigenvalue weighted by atomic mass is 10.1. The topological polar surface area (TPSA) is 65.4 Å². The van der Waals surface area contributed by atoms with Gasteiger partial charge in [0.15, 0.2) is 0 Å². The van der Waals surface area contributed by atoms with E-state index in [4.69, 9.17) is 21.1 Å². The first-order valence-electron chi connectivity index (χ1n) is 8.36. The largest absolute Gasteiger partial charge is 0.487 e. The minimum Gasteiger partial charge on any atom is -0.487 e. The second-order valence-electron chi connectivity index (χ2n) is 6.06. The predicted octanol–water partition coefficient (Wildman–Crippen LogP) is 4.28. The molecule has 3 rings (SSSR count). The zero-order chi connectivity index (χ0) is 19.2. The maximum Gasteiger partial charge on any atom is 0.255 e. The summed E-state index contributed by atoms with van der Waals surface area (Å²) in [5.74, 6) is 0.402. The van der Waals surface area contributed by atoms with Crippen molar-refractivity contribution in [2.75, 3.05) is 12.4 Å². The molecular formula is C20H20ClN3O3. The number of hydrogen-bond acceptors (Lipinski definition) is 4. The van der Waals surface area contributed by atoms with E-state index >= 15 is 0 Å². The maximum absolute atomic E-state index is 12.5. The summed E-state index contributed by atoms with van der Waals surface area (Å²) in [5, 5.41) is 7.47. The molecule has 0 fully saturated rings. The molecule has 0 atom stereocenters. The molecule has 7 heteroatoms. The van der Waals surface area contributed by atoms with Crippen LogP contribution in [0.3, 0.4) is 0 Å². The minimum atomic E-state index is -0.220. The molecule has 0 aliphatic heterocycles. The molecule has 1 aromatic heterocycles. The molecule has 2 aromatic carbocycles. The highest BCUT2D eigenvalue weighted by molar-refractivity contribution is 6.32. The number of halogens is 1. The smallest absolute Gasteiger partial charge is 0.255 e. The van der Waals surface area contributed by atoms with Crippen molar-refractivity contribution in [1.82, 2.24) is 9.78 Å². The van der Waals surface area contributed by atoms with Crippen molar-refractivity contribution in [3.05, 3.63) is 76.6 Å². The van der Waals surface area contributed by atoms with Gasteiger partial charge in [-0.2, -0.15) is 5.10 Å². The average Bonchev–Trinajstić information content (AvgIpc) is 3.10. The normalized spacial score (nSPS) is 10.6. The number of ether oxygens (including phenoxy) is 2. The van der Waals surface area contributed by atoms with Crippen molar-refractivity contribution < 1.29 is 14.3 Å². The fourth-order valence-electron chi connectivity index (χ4n) is 2.52. The van der Waals surface area contributed by atoms with E-state index in [1.165, 1.54) is 0 Å². The van der Waals surface area contributed by atoms with Crippen molar-refractivity contribution >= 4 is 23.2 Å². The number of rotatable bonds is 7. The molecule has 0 aliphatic carbocycles. The van der Waals surface area contributed by atoms with Gasteiger partial charge in [-0.3, -0.25) is 4.79 Å². The van der Waals surface area contributed by atoms with Crippen LogP contribution in [-0.2, 0) is 18.1 Å². The number of carbonyl (C=O) groups excluding carboxylic acids is 1. The monoisotopic (exact) mass is 385 g/mol. The van der Waals surface area contributed by atoms with Crippen LogP contribution >= 0.6 is 11.6 Å². The summed E-state index contributed by atoms with van der Waals surface area (Å²) in [5.41, 5.74) is 3.07. The van der Waals surface area contributed by atoms with Gasteiger partial charge in [0, 0.05) is 12.7 Å². The number of amides is 1. The van der Waals surface area contributed by atoms with Crippen LogP contribution in [-0.4, -0.2) is 22.8 Å². The zero-order valence-electron chi connectivity index (χ0n) is 15.1. The summed E-state index contributed by atoms with van der Waals surface area (Å²) < 4.78 is 12.4. The van der Waals surface area contributed by atoms with Crippen LogP contribution in [0.2, 0.25) is 5.02 Å². The summed E-state index contributed by atoms with van der Waals surface area (Å²) in [4.78, 5) is 12.5. The van der Waals surface area contributed by atoms with E-state index in [2.05, 4.69) is 10.4 Å². The molecule has 140 valence electrons. The van der Waals surface area contributed by atoms with Gasteiger partial charge in [0.05, 0.1) is 23.1 Å². The molecule has 1 heterocycles. The van der Waals surface area contributed by atoms with E-state index in [0.717, 1.165) is 11.1 Å². The predicted molar refractivity (Wildman–Crippen MR) is 104 cm³/mol. The van der Waals surface area contributed by atoms with Crippen molar-refractivity contribution in [2.45, 2.75) is 20.3 Å². The number of anilines is 1. The fourth-order valence-corrected chi connectivity index (χ4v) is 2.69. The van der Waals surface area contributed by atoms with Gasteiger partial charge >= 0.3 is 0 Å². The Hall–Kier alpha value is -2.83. The van der Waals surface area contributed by atoms with Crippen molar-refractivity contribution in [1.29, 1.82) is 0 Å². The summed E-state index contributed by atoms with van der Waals surface area (Å²) in [6, 6.07) is 12.9. The summed E-state index contributed by atoms with van der Waals surface area (Å²) in [7, 11) is 1.58. The van der Waals surface area contributed by atoms with E-state index in [0.29, 0.717) is 35.4 Å². The van der Waals surface area contributed by atoms with Crippen LogP contribution in [0.5, 0.6) is 5.75 Å². The van der Waals surface area contributed by atoms with Gasteiger partial charge in [-0.25, -0.2) is 4.68 Å². The molecule has 0 bridgehead atoms. The number of benzene rings is 2. The molecule has 0 unspecified atom stereocenters. The van der Waals surface area contributed by atoms with Gasteiger partial charge in [-0.1, -0.05) is 29.8 Å². The summed E-state index contributed by atoms with van der Waals surface area (Å²) >= 11 is 6.15. The Bertz CT molecular complexity index is 940. The SMILES string of the molecule is COCn1cc(NC(=O)c2cccc(COc3cc(C)ccc3Cl)c2)cn1. The van der Waals surface area contributed by atoms with Gasteiger partial charge in [0.2, 0.25) is 0 Å². The molecule has 0 spiro atoms. The Morgan fingerprint density at radius 1 is 1.26 bits per heavy atom. The first-order valence-corrected chi connectivity index (χ1v) is 8.73. The fraction of sp³-hybridized carbons (Fsp3) is 0.200. The van der Waals surface area contributed by atoms with Crippen LogP contribution in [0.15, 0.2) is 54.9 Å². The molecule has 0 saturated carbocycles. The Balaban J connectivity index is 1.65. The van der Waals surface area contributed by atoms with Crippen LogP contribution in [0.4, 0.5) is 5.69 Å². The number of aromatic nitrogens is 2. The highest BCUT2D eigenvalue weighted by Crippen LogP contribution is 2.26. The Morgan fingerprint density at radius 2 is 2.11 bits per heavy atom. The average molecular weight is 386 g/mol. The first kappa shape index (κ1) is 18.9. The first-order chi connectivity index (χ1) is 13.0. The van der Waals surface area contributed by atoms with Crippen molar-refractivity contribution in [3.63, 3.8) is 0 Å². The maximum atomic E-state index is 12.5. The van der Waals surface area contributed by atoms with Gasteiger partial charge in [0.1, 0.15) is 19.1 Å². The molecule has 0 saturated heterocycles. The minimum absolute atomic E-state index is 0.220. The molecule has 0 aliphatic rings. The third-order valence-electron chi connectivity index (χ3n) is 3.82. The lowest BCUT2D eigenvalue weighted by Gasteiger charge is -2.10. The third-order valence-corrected chi connectivity index (χ3v) is 4.13.